The zero-order valence-electron chi connectivity index (χ0n) is 9.42. The van der Waals surface area contributed by atoms with E-state index in [1.54, 1.807) is 0 Å². The van der Waals surface area contributed by atoms with E-state index in [1.807, 2.05) is 0 Å². The molecule has 2 heteroatoms. The van der Waals surface area contributed by atoms with Crippen molar-refractivity contribution >= 4 is 5.97 Å². The Balaban J connectivity index is 2.42. The van der Waals surface area contributed by atoms with E-state index in [0.717, 1.165) is 12.8 Å². The van der Waals surface area contributed by atoms with Crippen LogP contribution in [0.5, 0.6) is 0 Å². The molecule has 1 fully saturated rings. The van der Waals surface area contributed by atoms with Crippen molar-refractivity contribution in [2.24, 2.45) is 5.92 Å². The molecule has 0 amide bonds. The zero-order chi connectivity index (χ0) is 10.4. The molecular formula is C12H22O2. The first kappa shape index (κ1) is 11.5. The summed E-state index contributed by atoms with van der Waals surface area (Å²) >= 11 is 0. The van der Waals surface area contributed by atoms with Gasteiger partial charge in [-0.3, -0.25) is 4.79 Å². The van der Waals surface area contributed by atoms with Gasteiger partial charge in [-0.2, -0.15) is 0 Å². The third kappa shape index (κ3) is 3.69. The Kier molecular flexibility index (Phi) is 4.99. The smallest absolute Gasteiger partial charge is 0.302 e. The van der Waals surface area contributed by atoms with Gasteiger partial charge >= 0.3 is 5.97 Å². The molecule has 0 bridgehead atoms. The molecule has 1 aliphatic rings. The van der Waals surface area contributed by atoms with Gasteiger partial charge in [-0.15, -0.1) is 0 Å². The van der Waals surface area contributed by atoms with E-state index < -0.39 is 0 Å². The van der Waals surface area contributed by atoms with E-state index in [-0.39, 0.29) is 12.1 Å². The molecule has 0 N–H and O–H groups in total. The van der Waals surface area contributed by atoms with Gasteiger partial charge < -0.3 is 4.74 Å². The van der Waals surface area contributed by atoms with Crippen LogP contribution in [0.3, 0.4) is 0 Å². The molecule has 0 saturated heterocycles. The zero-order valence-corrected chi connectivity index (χ0v) is 9.42. The van der Waals surface area contributed by atoms with Gasteiger partial charge in [-0.25, -0.2) is 0 Å². The van der Waals surface area contributed by atoms with E-state index in [4.69, 9.17) is 4.74 Å². The van der Waals surface area contributed by atoms with Crippen molar-refractivity contribution in [3.05, 3.63) is 0 Å². The van der Waals surface area contributed by atoms with Crippen molar-refractivity contribution in [2.45, 2.75) is 64.9 Å². The highest BCUT2D eigenvalue weighted by atomic mass is 16.5. The van der Waals surface area contributed by atoms with E-state index in [9.17, 15) is 4.79 Å². The molecule has 1 aliphatic carbocycles. The van der Waals surface area contributed by atoms with Crippen LogP contribution in [0.4, 0.5) is 0 Å². The van der Waals surface area contributed by atoms with Crippen LogP contribution in [0.15, 0.2) is 0 Å². The van der Waals surface area contributed by atoms with E-state index in [2.05, 4.69) is 6.92 Å². The van der Waals surface area contributed by atoms with Gasteiger partial charge in [-0.1, -0.05) is 32.6 Å². The molecule has 2 nitrogen and oxygen atoms in total. The molecule has 0 aromatic heterocycles. The molecule has 0 radical (unpaired) electrons. The lowest BCUT2D eigenvalue weighted by Gasteiger charge is -2.29. The molecule has 0 aromatic carbocycles. The summed E-state index contributed by atoms with van der Waals surface area (Å²) in [6, 6.07) is 0. The molecule has 1 rings (SSSR count). The Morgan fingerprint density at radius 3 is 2.50 bits per heavy atom. The fourth-order valence-electron chi connectivity index (χ4n) is 2.39. The third-order valence-corrected chi connectivity index (χ3v) is 3.07. The van der Waals surface area contributed by atoms with E-state index in [1.165, 1.54) is 39.0 Å². The van der Waals surface area contributed by atoms with Crippen LogP contribution in [0, 0.1) is 5.92 Å². The highest BCUT2D eigenvalue weighted by molar-refractivity contribution is 5.66. The molecule has 0 spiro atoms. The second-order valence-electron chi connectivity index (χ2n) is 4.33. The number of ether oxygens (including phenoxy) is 1. The number of esters is 1. The Morgan fingerprint density at radius 1 is 1.36 bits per heavy atom. The van der Waals surface area contributed by atoms with Crippen LogP contribution < -0.4 is 0 Å². The molecule has 1 unspecified atom stereocenters. The second kappa shape index (κ2) is 6.05. The summed E-state index contributed by atoms with van der Waals surface area (Å²) in [5.74, 6) is 0.515. The quantitative estimate of drug-likeness (QED) is 0.648. The average Bonchev–Trinajstić information content (AvgIpc) is 2.18. The summed E-state index contributed by atoms with van der Waals surface area (Å²) in [6.45, 7) is 3.67. The van der Waals surface area contributed by atoms with Crippen molar-refractivity contribution in [3.8, 4) is 0 Å². The fourth-order valence-corrected chi connectivity index (χ4v) is 2.39. The number of carbonyl (C=O) groups excluding carboxylic acids is 1. The van der Waals surface area contributed by atoms with Gasteiger partial charge in [-0.05, 0) is 25.2 Å². The molecular weight excluding hydrogens is 176 g/mol. The maximum absolute atomic E-state index is 10.9. The second-order valence-corrected chi connectivity index (χ2v) is 4.33. The van der Waals surface area contributed by atoms with Crippen LogP contribution in [-0.2, 0) is 9.53 Å². The third-order valence-electron chi connectivity index (χ3n) is 3.07. The van der Waals surface area contributed by atoms with Crippen LogP contribution >= 0.6 is 0 Å². The first-order valence-electron chi connectivity index (χ1n) is 5.91. The molecule has 82 valence electrons. The summed E-state index contributed by atoms with van der Waals surface area (Å²) in [5, 5.41) is 0. The van der Waals surface area contributed by atoms with Crippen molar-refractivity contribution in [1.82, 2.24) is 0 Å². The lowest BCUT2D eigenvalue weighted by atomic mass is 9.84. The summed E-state index contributed by atoms with van der Waals surface area (Å²) in [5.41, 5.74) is 0. The lowest BCUT2D eigenvalue weighted by Crippen LogP contribution is -2.27. The predicted octanol–water partition coefficient (Wildman–Crippen LogP) is 3.30. The maximum Gasteiger partial charge on any atom is 0.302 e. The normalized spacial score (nSPS) is 20.4. The maximum atomic E-state index is 10.9. The van der Waals surface area contributed by atoms with E-state index in [0.29, 0.717) is 5.92 Å². The van der Waals surface area contributed by atoms with Crippen molar-refractivity contribution in [2.75, 3.05) is 0 Å². The lowest BCUT2D eigenvalue weighted by molar-refractivity contribution is -0.150. The van der Waals surface area contributed by atoms with Crippen molar-refractivity contribution in [1.29, 1.82) is 0 Å². The summed E-state index contributed by atoms with van der Waals surface area (Å²) in [6.07, 6.45) is 8.81. The monoisotopic (exact) mass is 198 g/mol. The van der Waals surface area contributed by atoms with Crippen molar-refractivity contribution < 1.29 is 9.53 Å². The number of rotatable bonds is 4. The fraction of sp³-hybridized carbons (Fsp3) is 0.917. The Bertz CT molecular complexity index is 171. The summed E-state index contributed by atoms with van der Waals surface area (Å²) in [7, 11) is 0. The summed E-state index contributed by atoms with van der Waals surface area (Å²) < 4.78 is 5.39. The first-order valence-corrected chi connectivity index (χ1v) is 5.91. The SMILES string of the molecule is CCCC(OC(C)=O)C1CCCCC1. The highest BCUT2D eigenvalue weighted by Gasteiger charge is 2.24. The Labute approximate surface area is 87.0 Å². The van der Waals surface area contributed by atoms with Crippen LogP contribution in [-0.4, -0.2) is 12.1 Å². The molecule has 0 aromatic rings. The number of hydrogen-bond acceptors (Lipinski definition) is 2. The van der Waals surface area contributed by atoms with E-state index >= 15 is 0 Å². The average molecular weight is 198 g/mol. The molecule has 1 atom stereocenters. The minimum Gasteiger partial charge on any atom is -0.462 e. The molecule has 0 aliphatic heterocycles. The molecule has 0 heterocycles. The van der Waals surface area contributed by atoms with Crippen LogP contribution in [0.2, 0.25) is 0 Å². The number of hydrogen-bond donors (Lipinski definition) is 0. The van der Waals surface area contributed by atoms with Gasteiger partial charge in [0, 0.05) is 6.92 Å². The van der Waals surface area contributed by atoms with Crippen LogP contribution in [0.25, 0.3) is 0 Å². The molecule has 1 saturated carbocycles. The molecule has 14 heavy (non-hydrogen) atoms. The topological polar surface area (TPSA) is 26.3 Å². The van der Waals surface area contributed by atoms with Gasteiger partial charge in [0.25, 0.3) is 0 Å². The van der Waals surface area contributed by atoms with Crippen LogP contribution in [0.1, 0.15) is 58.8 Å². The van der Waals surface area contributed by atoms with Gasteiger partial charge in [0.05, 0.1) is 0 Å². The minimum absolute atomic E-state index is 0.117. The number of carbonyl (C=O) groups is 1. The minimum atomic E-state index is -0.117. The standard InChI is InChI=1S/C12H22O2/c1-3-7-12(14-10(2)13)11-8-5-4-6-9-11/h11-12H,3-9H2,1-2H3. The van der Waals surface area contributed by atoms with Gasteiger partial charge in [0.1, 0.15) is 6.10 Å². The summed E-state index contributed by atoms with van der Waals surface area (Å²) in [4.78, 5) is 10.9. The van der Waals surface area contributed by atoms with Gasteiger partial charge in [0.15, 0.2) is 0 Å². The Morgan fingerprint density at radius 2 is 2.00 bits per heavy atom. The predicted molar refractivity (Wildman–Crippen MR) is 57.0 cm³/mol. The van der Waals surface area contributed by atoms with Gasteiger partial charge in [0.2, 0.25) is 0 Å². The first-order chi connectivity index (χ1) is 6.74. The Hall–Kier alpha value is -0.530. The highest BCUT2D eigenvalue weighted by Crippen LogP contribution is 2.30. The van der Waals surface area contributed by atoms with Crippen molar-refractivity contribution in [3.63, 3.8) is 0 Å². The largest absolute Gasteiger partial charge is 0.462 e.